The number of carbonyl (C=O) groups excluding carboxylic acids is 1. The minimum absolute atomic E-state index is 0.202. The molecule has 108 valence electrons. The van der Waals surface area contributed by atoms with Gasteiger partial charge in [-0.05, 0) is 48.2 Å². The quantitative estimate of drug-likeness (QED) is 0.511. The second-order valence-electron chi connectivity index (χ2n) is 4.31. The highest BCUT2D eigenvalue weighted by Crippen LogP contribution is 2.30. The van der Waals surface area contributed by atoms with E-state index in [1.807, 2.05) is 35.7 Å². The maximum Gasteiger partial charge on any atom is 0.257 e. The van der Waals surface area contributed by atoms with Gasteiger partial charge in [0.15, 0.2) is 5.13 Å². The van der Waals surface area contributed by atoms with Gasteiger partial charge in [-0.25, -0.2) is 4.98 Å². The Labute approximate surface area is 143 Å². The molecule has 1 N–H and O–H groups in total. The lowest BCUT2D eigenvalue weighted by molar-refractivity contribution is 0.102. The first-order valence-corrected chi connectivity index (χ1v) is 8.62. The van der Waals surface area contributed by atoms with E-state index < -0.39 is 0 Å². The number of hydrogen-bond donors (Lipinski definition) is 1. The highest BCUT2D eigenvalue weighted by molar-refractivity contribution is 9.10. The number of nitrogens with one attached hydrogen (secondary N) is 1. The molecule has 0 spiro atoms. The van der Waals surface area contributed by atoms with Crippen LogP contribution in [-0.4, -0.2) is 10.9 Å². The van der Waals surface area contributed by atoms with E-state index in [0.717, 1.165) is 31.3 Å². The molecule has 0 radical (unpaired) electrons. The minimum Gasteiger partial charge on any atom is -0.298 e. The fourth-order valence-electron chi connectivity index (χ4n) is 1.87. The third-order valence-electron chi connectivity index (χ3n) is 2.83. The Morgan fingerprint density at radius 3 is 2.95 bits per heavy atom. The van der Waals surface area contributed by atoms with Crippen LogP contribution in [0.4, 0.5) is 5.13 Å². The molecule has 1 amide bonds. The molecule has 1 aromatic heterocycles. The Bertz CT molecular complexity index is 901. The summed E-state index contributed by atoms with van der Waals surface area (Å²) in [7, 11) is 0. The van der Waals surface area contributed by atoms with Crippen LogP contribution in [0.25, 0.3) is 10.2 Å². The Hall–Kier alpha value is -1.88. The molecule has 0 atom stereocenters. The lowest BCUT2D eigenvalue weighted by atomic mass is 10.2. The van der Waals surface area contributed by atoms with Gasteiger partial charge in [-0.1, -0.05) is 33.3 Å². The summed E-state index contributed by atoms with van der Waals surface area (Å²) < 4.78 is 1.78. The predicted molar refractivity (Wildman–Crippen MR) is 93.2 cm³/mol. The third-order valence-corrected chi connectivity index (χ3v) is 4.84. The zero-order chi connectivity index (χ0) is 15.5. The number of nitriles is 1. The van der Waals surface area contributed by atoms with Crippen LogP contribution in [0.3, 0.4) is 0 Å². The first-order chi connectivity index (χ1) is 10.7. The number of hydrogen-bond acceptors (Lipinski definition) is 5. The minimum atomic E-state index is -0.202. The number of thioether (sulfide) groups is 1. The molecule has 1 heterocycles. The zero-order valence-corrected chi connectivity index (χ0v) is 14.3. The smallest absolute Gasteiger partial charge is 0.257 e. The van der Waals surface area contributed by atoms with E-state index in [-0.39, 0.29) is 5.91 Å². The lowest BCUT2D eigenvalue weighted by Gasteiger charge is -2.01. The first kappa shape index (κ1) is 15.0. The van der Waals surface area contributed by atoms with Crippen molar-refractivity contribution in [1.82, 2.24) is 4.98 Å². The fraction of sp³-hybridized carbons (Fsp3) is 0. The van der Waals surface area contributed by atoms with Gasteiger partial charge in [0.1, 0.15) is 5.40 Å². The van der Waals surface area contributed by atoms with E-state index in [1.165, 1.54) is 11.3 Å². The average molecular weight is 390 g/mol. The normalized spacial score (nSPS) is 10.4. The molecule has 0 unspecified atom stereocenters. The van der Waals surface area contributed by atoms with Crippen molar-refractivity contribution in [2.45, 2.75) is 4.90 Å². The highest BCUT2D eigenvalue weighted by Gasteiger charge is 2.10. The Morgan fingerprint density at radius 1 is 1.32 bits per heavy atom. The van der Waals surface area contributed by atoms with Crippen molar-refractivity contribution >= 4 is 60.3 Å². The zero-order valence-electron chi connectivity index (χ0n) is 11.0. The van der Waals surface area contributed by atoms with E-state index in [4.69, 9.17) is 5.26 Å². The van der Waals surface area contributed by atoms with Crippen molar-refractivity contribution in [3.63, 3.8) is 0 Å². The summed E-state index contributed by atoms with van der Waals surface area (Å²) in [6.07, 6.45) is 0. The van der Waals surface area contributed by atoms with Crippen LogP contribution in [0.5, 0.6) is 0 Å². The van der Waals surface area contributed by atoms with Gasteiger partial charge in [-0.15, -0.1) is 0 Å². The van der Waals surface area contributed by atoms with Crippen LogP contribution >= 0.6 is 39.0 Å². The van der Waals surface area contributed by atoms with Crippen molar-refractivity contribution in [3.05, 3.63) is 52.5 Å². The van der Waals surface area contributed by atoms with Crippen LogP contribution in [0, 0.1) is 10.7 Å². The van der Waals surface area contributed by atoms with Gasteiger partial charge in [-0.2, -0.15) is 5.26 Å². The Balaban J connectivity index is 1.85. The number of thiocyanates is 1. The summed E-state index contributed by atoms with van der Waals surface area (Å²) in [6.45, 7) is 0. The second-order valence-corrected chi connectivity index (χ2v) is 7.11. The standard InChI is InChI=1S/C15H8BrN3OS2/c16-10-3-1-2-9(6-10)14(20)19-15-18-12-5-4-11(21-8-17)7-13(12)22-15/h1-7H,(H,18,19,20). The summed E-state index contributed by atoms with van der Waals surface area (Å²) in [5.74, 6) is -0.202. The van der Waals surface area contributed by atoms with Gasteiger partial charge >= 0.3 is 0 Å². The highest BCUT2D eigenvalue weighted by atomic mass is 79.9. The van der Waals surface area contributed by atoms with E-state index in [9.17, 15) is 4.79 Å². The van der Waals surface area contributed by atoms with E-state index in [0.29, 0.717) is 10.7 Å². The van der Waals surface area contributed by atoms with Crippen LogP contribution < -0.4 is 5.32 Å². The molecule has 0 bridgehead atoms. The molecular formula is C15H8BrN3OS2. The van der Waals surface area contributed by atoms with Crippen molar-refractivity contribution < 1.29 is 4.79 Å². The van der Waals surface area contributed by atoms with E-state index in [1.54, 1.807) is 12.1 Å². The molecule has 0 fully saturated rings. The van der Waals surface area contributed by atoms with Gasteiger partial charge < -0.3 is 0 Å². The monoisotopic (exact) mass is 389 g/mol. The molecule has 2 aromatic carbocycles. The van der Waals surface area contributed by atoms with Gasteiger partial charge in [0.2, 0.25) is 0 Å². The Kier molecular flexibility index (Phi) is 4.43. The van der Waals surface area contributed by atoms with Crippen molar-refractivity contribution in [2.75, 3.05) is 5.32 Å². The van der Waals surface area contributed by atoms with Crippen molar-refractivity contribution in [1.29, 1.82) is 5.26 Å². The molecule has 0 saturated carbocycles. The molecule has 0 saturated heterocycles. The number of anilines is 1. The number of nitrogens with zero attached hydrogens (tertiary/aromatic N) is 2. The number of halogens is 1. The van der Waals surface area contributed by atoms with E-state index in [2.05, 4.69) is 26.2 Å². The number of benzene rings is 2. The largest absolute Gasteiger partial charge is 0.298 e. The molecule has 0 aliphatic heterocycles. The van der Waals surface area contributed by atoms with Gasteiger partial charge in [0, 0.05) is 14.9 Å². The van der Waals surface area contributed by atoms with Gasteiger partial charge in [0.25, 0.3) is 5.91 Å². The molecule has 3 rings (SSSR count). The molecule has 3 aromatic rings. The van der Waals surface area contributed by atoms with Crippen molar-refractivity contribution in [2.24, 2.45) is 0 Å². The topological polar surface area (TPSA) is 65.8 Å². The lowest BCUT2D eigenvalue weighted by Crippen LogP contribution is -2.11. The van der Waals surface area contributed by atoms with Gasteiger partial charge in [0.05, 0.1) is 10.2 Å². The summed E-state index contributed by atoms with van der Waals surface area (Å²) in [4.78, 5) is 17.4. The van der Waals surface area contributed by atoms with Crippen molar-refractivity contribution in [3.8, 4) is 5.40 Å². The Morgan fingerprint density at radius 2 is 2.18 bits per heavy atom. The number of amides is 1. The molecule has 0 aliphatic rings. The first-order valence-electron chi connectivity index (χ1n) is 6.19. The molecule has 7 heteroatoms. The molecular weight excluding hydrogens is 382 g/mol. The number of rotatable bonds is 3. The maximum absolute atomic E-state index is 12.2. The summed E-state index contributed by atoms with van der Waals surface area (Å²) in [5, 5.41) is 14.1. The number of fused-ring (bicyclic) bond motifs is 1. The summed E-state index contributed by atoms with van der Waals surface area (Å²) in [5.41, 5.74) is 1.37. The third kappa shape index (κ3) is 3.30. The van der Waals surface area contributed by atoms with E-state index >= 15 is 0 Å². The number of thiazole rings is 1. The molecule has 4 nitrogen and oxygen atoms in total. The second kappa shape index (κ2) is 6.48. The molecule has 22 heavy (non-hydrogen) atoms. The van der Waals surface area contributed by atoms with Crippen LogP contribution in [0.15, 0.2) is 51.8 Å². The molecule has 0 aliphatic carbocycles. The predicted octanol–water partition coefficient (Wildman–Crippen LogP) is 4.88. The number of carbonyl (C=O) groups is 1. The van der Waals surface area contributed by atoms with Crippen LogP contribution in [0.1, 0.15) is 10.4 Å². The number of aromatic nitrogens is 1. The SMILES string of the molecule is N#CSc1ccc2nc(NC(=O)c3cccc(Br)c3)sc2c1. The average Bonchev–Trinajstić information content (AvgIpc) is 2.89. The van der Waals surface area contributed by atoms with Crippen LogP contribution in [0.2, 0.25) is 0 Å². The summed E-state index contributed by atoms with van der Waals surface area (Å²) >= 11 is 5.84. The fourth-order valence-corrected chi connectivity index (χ4v) is 3.67. The maximum atomic E-state index is 12.2. The van der Waals surface area contributed by atoms with Gasteiger partial charge in [-0.3, -0.25) is 10.1 Å². The van der Waals surface area contributed by atoms with Crippen LogP contribution in [-0.2, 0) is 0 Å². The summed E-state index contributed by atoms with van der Waals surface area (Å²) in [6, 6.07) is 12.8.